The van der Waals surface area contributed by atoms with E-state index < -0.39 is 11.5 Å². The van der Waals surface area contributed by atoms with Crippen molar-refractivity contribution in [3.63, 3.8) is 0 Å². The van der Waals surface area contributed by atoms with Crippen molar-refractivity contribution < 1.29 is 48.9 Å². The molecule has 0 aliphatic heterocycles. The maximum absolute atomic E-state index is 10.6. The summed E-state index contributed by atoms with van der Waals surface area (Å²) in [5.41, 5.74) is 0.0808. The minimum absolute atomic E-state index is 0. The Bertz CT molecular complexity index is 520. The first-order chi connectivity index (χ1) is 8.62. The Balaban J connectivity index is 0.00000324. The number of carboxylic acid groups (broad SMARTS) is 1. The summed E-state index contributed by atoms with van der Waals surface area (Å²) in [7, 11) is 1.48. The van der Waals surface area contributed by atoms with Crippen molar-refractivity contribution in [2.45, 2.75) is 6.92 Å². The number of aliphatic carboxylic acids is 1. The Hall–Kier alpha value is -1.48. The van der Waals surface area contributed by atoms with Crippen LogP contribution in [-0.2, 0) is 4.79 Å². The minimum atomic E-state index is -1.51. The SMILES string of the molecule is CCOc1ccc(/C=C(\C#N)C(=O)[O-])cc1OC.[Na+]. The zero-order valence-electron chi connectivity index (χ0n) is 11.1. The summed E-state index contributed by atoms with van der Waals surface area (Å²) in [5.74, 6) is -0.476. The van der Waals surface area contributed by atoms with Gasteiger partial charge in [-0.25, -0.2) is 0 Å². The molecule has 6 heteroatoms. The summed E-state index contributed by atoms with van der Waals surface area (Å²) >= 11 is 0. The minimum Gasteiger partial charge on any atom is -0.544 e. The molecule has 0 atom stereocenters. The molecule has 0 spiro atoms. The number of rotatable bonds is 5. The first-order valence-electron chi connectivity index (χ1n) is 5.26. The summed E-state index contributed by atoms with van der Waals surface area (Å²) in [6.45, 7) is 2.34. The second-order valence-corrected chi connectivity index (χ2v) is 3.30. The number of carboxylic acids is 1. The number of nitrogens with zero attached hydrogens (tertiary/aromatic N) is 1. The van der Waals surface area contributed by atoms with E-state index in [-0.39, 0.29) is 29.6 Å². The third-order valence-electron chi connectivity index (χ3n) is 2.14. The number of hydrogen-bond acceptors (Lipinski definition) is 5. The Morgan fingerprint density at radius 2 is 2.16 bits per heavy atom. The van der Waals surface area contributed by atoms with Crippen LogP contribution in [0.2, 0.25) is 0 Å². The molecule has 0 saturated carbocycles. The van der Waals surface area contributed by atoms with Crippen LogP contribution in [-0.4, -0.2) is 19.7 Å². The third kappa shape index (κ3) is 4.95. The molecule has 0 bridgehead atoms. The molecule has 0 N–H and O–H groups in total. The fourth-order valence-electron chi connectivity index (χ4n) is 1.35. The predicted octanol–water partition coefficient (Wildman–Crippen LogP) is -2.25. The fourth-order valence-corrected chi connectivity index (χ4v) is 1.35. The third-order valence-corrected chi connectivity index (χ3v) is 2.14. The molecule has 94 valence electrons. The molecule has 19 heavy (non-hydrogen) atoms. The van der Waals surface area contributed by atoms with E-state index in [9.17, 15) is 9.90 Å². The first-order valence-corrected chi connectivity index (χ1v) is 5.26. The maximum Gasteiger partial charge on any atom is 1.00 e. The topological polar surface area (TPSA) is 82.4 Å². The summed E-state index contributed by atoms with van der Waals surface area (Å²) < 4.78 is 10.4. The summed E-state index contributed by atoms with van der Waals surface area (Å²) in [6.07, 6.45) is 1.22. The Morgan fingerprint density at radius 1 is 1.47 bits per heavy atom. The van der Waals surface area contributed by atoms with Crippen LogP contribution in [0.5, 0.6) is 11.5 Å². The predicted molar refractivity (Wildman–Crippen MR) is 62.8 cm³/mol. The van der Waals surface area contributed by atoms with Gasteiger partial charge < -0.3 is 19.4 Å². The molecule has 1 aromatic rings. The van der Waals surface area contributed by atoms with Crippen LogP contribution in [0.1, 0.15) is 12.5 Å². The number of methoxy groups -OCH3 is 1. The van der Waals surface area contributed by atoms with Gasteiger partial charge in [-0.3, -0.25) is 0 Å². The number of ether oxygens (including phenoxy) is 2. The van der Waals surface area contributed by atoms with Gasteiger partial charge in [0.25, 0.3) is 0 Å². The van der Waals surface area contributed by atoms with E-state index >= 15 is 0 Å². The van der Waals surface area contributed by atoms with Crippen LogP contribution in [0.3, 0.4) is 0 Å². The van der Waals surface area contributed by atoms with E-state index in [1.165, 1.54) is 13.2 Å². The van der Waals surface area contributed by atoms with Crippen molar-refractivity contribution in [1.29, 1.82) is 5.26 Å². The van der Waals surface area contributed by atoms with Crippen LogP contribution in [0, 0.1) is 11.3 Å². The molecular weight excluding hydrogens is 257 g/mol. The molecule has 0 aromatic heterocycles. The molecule has 5 nitrogen and oxygen atoms in total. The average Bonchev–Trinajstić information content (AvgIpc) is 2.37. The van der Waals surface area contributed by atoms with E-state index in [2.05, 4.69) is 0 Å². The van der Waals surface area contributed by atoms with Crippen molar-refractivity contribution in [3.8, 4) is 17.6 Å². The van der Waals surface area contributed by atoms with Gasteiger partial charge in [0.2, 0.25) is 0 Å². The molecule has 0 aliphatic rings. The van der Waals surface area contributed by atoms with Crippen LogP contribution >= 0.6 is 0 Å². The Labute approximate surface area is 133 Å². The Morgan fingerprint density at radius 3 is 2.63 bits per heavy atom. The second kappa shape index (κ2) is 8.59. The summed E-state index contributed by atoms with van der Waals surface area (Å²) in [5, 5.41) is 19.2. The van der Waals surface area contributed by atoms with E-state index in [4.69, 9.17) is 14.7 Å². The number of carbonyl (C=O) groups is 1. The number of nitriles is 1. The van der Waals surface area contributed by atoms with Gasteiger partial charge in [-0.05, 0) is 30.7 Å². The normalized spacial score (nSPS) is 10.1. The van der Waals surface area contributed by atoms with Gasteiger partial charge >= 0.3 is 29.6 Å². The quantitative estimate of drug-likeness (QED) is 0.343. The molecule has 0 saturated heterocycles. The molecule has 0 heterocycles. The first kappa shape index (κ1) is 17.5. The van der Waals surface area contributed by atoms with Crippen molar-refractivity contribution in [2.24, 2.45) is 0 Å². The Kier molecular flexibility index (Phi) is 7.92. The van der Waals surface area contributed by atoms with Crippen LogP contribution in [0.25, 0.3) is 6.08 Å². The van der Waals surface area contributed by atoms with Gasteiger partial charge in [0.1, 0.15) is 6.07 Å². The van der Waals surface area contributed by atoms with Crippen LogP contribution in [0.4, 0.5) is 0 Å². The van der Waals surface area contributed by atoms with Crippen LogP contribution < -0.4 is 44.1 Å². The number of carbonyl (C=O) groups excluding carboxylic acids is 1. The van der Waals surface area contributed by atoms with E-state index in [0.29, 0.717) is 23.7 Å². The average molecular weight is 269 g/mol. The molecule has 1 aromatic carbocycles. The second-order valence-electron chi connectivity index (χ2n) is 3.30. The van der Waals surface area contributed by atoms with Crippen molar-refractivity contribution >= 4 is 12.0 Å². The molecule has 0 unspecified atom stereocenters. The molecule has 0 fully saturated rings. The molecule has 0 amide bonds. The van der Waals surface area contributed by atoms with Gasteiger partial charge in [0.05, 0.1) is 25.3 Å². The smallest absolute Gasteiger partial charge is 0.544 e. The largest absolute Gasteiger partial charge is 1.00 e. The number of hydrogen-bond donors (Lipinski definition) is 0. The van der Waals surface area contributed by atoms with Gasteiger partial charge in [0.15, 0.2) is 11.5 Å². The van der Waals surface area contributed by atoms with Crippen molar-refractivity contribution in [2.75, 3.05) is 13.7 Å². The fraction of sp³-hybridized carbons (Fsp3) is 0.231. The van der Waals surface area contributed by atoms with Crippen molar-refractivity contribution in [1.82, 2.24) is 0 Å². The van der Waals surface area contributed by atoms with Gasteiger partial charge in [-0.2, -0.15) is 5.26 Å². The summed E-state index contributed by atoms with van der Waals surface area (Å²) in [4.78, 5) is 10.6. The zero-order chi connectivity index (χ0) is 13.5. The summed E-state index contributed by atoms with van der Waals surface area (Å²) in [6, 6.07) is 6.43. The monoisotopic (exact) mass is 269 g/mol. The standard InChI is InChI=1S/C13H13NO4.Na/c1-3-18-11-5-4-9(7-12(11)17-2)6-10(8-14)13(15)16;/h4-7H,3H2,1-2H3,(H,15,16);/q;+1/p-1/b10-6+;. The van der Waals surface area contributed by atoms with Gasteiger partial charge in [-0.1, -0.05) is 6.07 Å². The molecule has 1 rings (SSSR count). The number of benzene rings is 1. The van der Waals surface area contributed by atoms with Crippen molar-refractivity contribution in [3.05, 3.63) is 29.3 Å². The molecular formula is C13H12NNaO4. The van der Waals surface area contributed by atoms with Gasteiger partial charge in [0, 0.05) is 0 Å². The van der Waals surface area contributed by atoms with Gasteiger partial charge in [-0.15, -0.1) is 0 Å². The molecule has 0 aliphatic carbocycles. The zero-order valence-corrected chi connectivity index (χ0v) is 13.1. The van der Waals surface area contributed by atoms with E-state index in [1.54, 1.807) is 24.3 Å². The maximum atomic E-state index is 10.6. The molecule has 0 radical (unpaired) electrons. The van der Waals surface area contributed by atoms with E-state index in [1.807, 2.05) is 6.92 Å². The van der Waals surface area contributed by atoms with Crippen LogP contribution in [0.15, 0.2) is 23.8 Å². The van der Waals surface area contributed by atoms with E-state index in [0.717, 1.165) is 0 Å².